The summed E-state index contributed by atoms with van der Waals surface area (Å²) in [5, 5.41) is 28.8. The summed E-state index contributed by atoms with van der Waals surface area (Å²) < 4.78 is 54.3. The summed E-state index contributed by atoms with van der Waals surface area (Å²) in [5.41, 5.74) is 0.0233. The van der Waals surface area contributed by atoms with Gasteiger partial charge in [-0.25, -0.2) is 22.0 Å². The number of aliphatic hydroxyl groups is 1. The number of nitro benzene ring substituents is 1. The molecule has 200 valence electrons. The van der Waals surface area contributed by atoms with Crippen LogP contribution in [0.4, 0.5) is 5.69 Å². The minimum atomic E-state index is -4.55. The Morgan fingerprint density at radius 1 is 1.14 bits per heavy atom. The molecule has 3 rings (SSSR count). The van der Waals surface area contributed by atoms with E-state index in [0.29, 0.717) is 16.3 Å². The van der Waals surface area contributed by atoms with E-state index in [-0.39, 0.29) is 17.9 Å². The Morgan fingerprint density at radius 3 is 2.41 bits per heavy atom. The molecule has 2 aromatic rings. The first-order chi connectivity index (χ1) is 17.3. The third-order valence-electron chi connectivity index (χ3n) is 5.49. The van der Waals surface area contributed by atoms with Crippen molar-refractivity contribution >= 4 is 37.6 Å². The van der Waals surface area contributed by atoms with Gasteiger partial charge in [0.1, 0.15) is 6.04 Å². The zero-order valence-corrected chi connectivity index (χ0v) is 20.9. The molecule has 1 aliphatic rings. The number of amides is 1. The molecule has 4 N–H and O–H groups in total. The van der Waals surface area contributed by atoms with Crippen LogP contribution in [0.1, 0.15) is 12.0 Å². The maximum atomic E-state index is 13.1. The molecule has 1 amide bonds. The van der Waals surface area contributed by atoms with Gasteiger partial charge in [-0.2, -0.15) is 4.31 Å². The smallest absolute Gasteiger partial charge is 0.325 e. The van der Waals surface area contributed by atoms with Crippen LogP contribution in [0.25, 0.3) is 0 Å². The van der Waals surface area contributed by atoms with Gasteiger partial charge in [-0.15, -0.1) is 0 Å². The average molecular weight is 557 g/mol. The Balaban J connectivity index is 1.57. The quantitative estimate of drug-likeness (QED) is 0.189. The van der Waals surface area contributed by atoms with Crippen molar-refractivity contribution in [2.24, 2.45) is 5.14 Å². The topological polar surface area (TPSA) is 216 Å². The number of hydrogen-bond acceptors (Lipinski definition) is 10. The number of nitro groups is 1. The van der Waals surface area contributed by atoms with Crippen LogP contribution in [0.5, 0.6) is 0 Å². The van der Waals surface area contributed by atoms with E-state index in [4.69, 9.17) is 9.88 Å². The molecule has 0 aliphatic carbocycles. The second kappa shape index (κ2) is 11.3. The number of hydrogen-bond donors (Lipinski definition) is 3. The molecule has 1 aliphatic heterocycles. The van der Waals surface area contributed by atoms with Gasteiger partial charge < -0.3 is 15.2 Å². The monoisotopic (exact) mass is 556 g/mol. The lowest BCUT2D eigenvalue weighted by Crippen LogP contribution is -2.42. The van der Waals surface area contributed by atoms with Gasteiger partial charge in [0.25, 0.3) is 21.6 Å². The number of para-hydroxylation sites is 1. The molecule has 0 aromatic heterocycles. The first kappa shape index (κ1) is 28.1. The number of carbonyl (C=O) groups is 2. The number of carbonyl (C=O) groups excluding carboxylic acids is 2. The van der Waals surface area contributed by atoms with Crippen molar-refractivity contribution in [2.45, 2.75) is 34.8 Å². The standard InChI is InChI=1S/C21H24N4O10S2/c22-36(31,32)16-7-5-14(6-8-16)9-10-23-20(27)13-35-21(28)18-11-15(26)12-24(18)37(33,34)19-4-2-1-3-17(19)25(29)30/h1-8,15,18,26H,9-13H2,(H,23,27)(H2,22,31,32)/t15-,18-/m1/s1. The van der Waals surface area contributed by atoms with E-state index in [0.717, 1.165) is 12.1 Å². The fourth-order valence-electron chi connectivity index (χ4n) is 3.69. The molecule has 37 heavy (non-hydrogen) atoms. The molecule has 1 heterocycles. The summed E-state index contributed by atoms with van der Waals surface area (Å²) >= 11 is 0. The van der Waals surface area contributed by atoms with E-state index >= 15 is 0 Å². The predicted octanol–water partition coefficient (Wildman–Crippen LogP) is -0.732. The number of esters is 1. The number of rotatable bonds is 10. The molecule has 0 bridgehead atoms. The minimum absolute atomic E-state index is 0.0536. The molecule has 14 nitrogen and oxygen atoms in total. The Morgan fingerprint density at radius 2 is 1.78 bits per heavy atom. The molecule has 0 spiro atoms. The first-order valence-electron chi connectivity index (χ1n) is 10.8. The molecule has 2 atom stereocenters. The lowest BCUT2D eigenvalue weighted by Gasteiger charge is -2.22. The second-order valence-electron chi connectivity index (χ2n) is 8.10. The largest absolute Gasteiger partial charge is 0.454 e. The van der Waals surface area contributed by atoms with E-state index in [1.165, 1.54) is 36.4 Å². The van der Waals surface area contributed by atoms with Crippen molar-refractivity contribution in [1.82, 2.24) is 9.62 Å². The van der Waals surface area contributed by atoms with E-state index < -0.39 is 72.7 Å². The third kappa shape index (κ3) is 6.86. The molecule has 1 saturated heterocycles. The average Bonchev–Trinajstić information content (AvgIpc) is 3.25. The van der Waals surface area contributed by atoms with Crippen molar-refractivity contribution in [2.75, 3.05) is 19.7 Å². The Hall–Kier alpha value is -3.44. The summed E-state index contributed by atoms with van der Waals surface area (Å²) in [6.07, 6.45) is -1.19. The van der Waals surface area contributed by atoms with Gasteiger partial charge >= 0.3 is 5.97 Å². The summed E-state index contributed by atoms with van der Waals surface area (Å²) in [4.78, 5) is 34.4. The molecule has 16 heteroatoms. The molecule has 0 unspecified atom stereocenters. The van der Waals surface area contributed by atoms with E-state index in [1.54, 1.807) is 0 Å². The Kier molecular flexibility index (Phi) is 8.60. The van der Waals surface area contributed by atoms with E-state index in [9.17, 15) is 41.6 Å². The van der Waals surface area contributed by atoms with Crippen LogP contribution >= 0.6 is 0 Å². The first-order valence-corrected chi connectivity index (χ1v) is 13.8. The van der Waals surface area contributed by atoms with Crippen LogP contribution in [-0.2, 0) is 40.8 Å². The number of nitrogens with two attached hydrogens (primary N) is 1. The van der Waals surface area contributed by atoms with Crippen LogP contribution < -0.4 is 10.5 Å². The summed E-state index contributed by atoms with van der Waals surface area (Å²) in [6, 6.07) is 8.85. The number of sulfonamides is 2. The second-order valence-corrected chi connectivity index (χ2v) is 11.5. The highest BCUT2D eigenvalue weighted by atomic mass is 32.2. The zero-order chi connectivity index (χ0) is 27.4. The van der Waals surface area contributed by atoms with Gasteiger partial charge in [0.15, 0.2) is 11.5 Å². The minimum Gasteiger partial charge on any atom is -0.454 e. The molecule has 0 radical (unpaired) electrons. The van der Waals surface area contributed by atoms with Gasteiger partial charge in [0, 0.05) is 25.6 Å². The Bertz CT molecular complexity index is 1390. The zero-order valence-electron chi connectivity index (χ0n) is 19.2. The van der Waals surface area contributed by atoms with Crippen molar-refractivity contribution in [3.8, 4) is 0 Å². The number of primary sulfonamides is 1. The summed E-state index contributed by atoms with van der Waals surface area (Å²) in [5.74, 6) is -1.77. The molecule has 1 fully saturated rings. The molecule has 2 aromatic carbocycles. The molecular formula is C21H24N4O10S2. The van der Waals surface area contributed by atoms with Gasteiger partial charge in [-0.1, -0.05) is 24.3 Å². The predicted molar refractivity (Wildman–Crippen MR) is 127 cm³/mol. The van der Waals surface area contributed by atoms with Crippen LogP contribution in [0.2, 0.25) is 0 Å². The van der Waals surface area contributed by atoms with Crippen molar-refractivity contribution in [1.29, 1.82) is 0 Å². The van der Waals surface area contributed by atoms with E-state index in [1.807, 2.05) is 0 Å². The van der Waals surface area contributed by atoms with Crippen molar-refractivity contribution < 1.29 is 41.2 Å². The normalized spacial score (nSPS) is 18.3. The SMILES string of the molecule is NS(=O)(=O)c1ccc(CCNC(=O)COC(=O)[C@H]2C[C@@H](O)CN2S(=O)(=O)c2ccccc2[N+](=O)[O-])cc1. The van der Waals surface area contributed by atoms with Gasteiger partial charge in [-0.3, -0.25) is 19.7 Å². The fraction of sp³-hybridized carbons (Fsp3) is 0.333. The van der Waals surface area contributed by atoms with E-state index in [2.05, 4.69) is 5.32 Å². The Labute approximate surface area is 212 Å². The lowest BCUT2D eigenvalue weighted by atomic mass is 10.1. The van der Waals surface area contributed by atoms with Crippen molar-refractivity contribution in [3.05, 3.63) is 64.2 Å². The fourth-order valence-corrected chi connectivity index (χ4v) is 5.99. The molecular weight excluding hydrogens is 532 g/mol. The number of nitrogens with zero attached hydrogens (tertiary/aromatic N) is 2. The van der Waals surface area contributed by atoms with Crippen LogP contribution in [0.3, 0.4) is 0 Å². The number of benzene rings is 2. The highest BCUT2D eigenvalue weighted by Crippen LogP contribution is 2.31. The van der Waals surface area contributed by atoms with Gasteiger partial charge in [0.05, 0.1) is 15.9 Å². The maximum absolute atomic E-state index is 13.1. The number of aliphatic hydroxyl groups excluding tert-OH is 1. The van der Waals surface area contributed by atoms with Crippen LogP contribution in [-0.4, -0.2) is 74.9 Å². The number of β-amino-alcohol motifs (C(OH)–C–C–N with tert-alkyl or cyclic N) is 1. The maximum Gasteiger partial charge on any atom is 0.325 e. The highest BCUT2D eigenvalue weighted by Gasteiger charge is 2.46. The summed E-state index contributed by atoms with van der Waals surface area (Å²) in [7, 11) is -8.37. The molecule has 0 saturated carbocycles. The summed E-state index contributed by atoms with van der Waals surface area (Å²) in [6.45, 7) is -1.08. The third-order valence-corrected chi connectivity index (χ3v) is 8.34. The van der Waals surface area contributed by atoms with Crippen LogP contribution in [0, 0.1) is 10.1 Å². The van der Waals surface area contributed by atoms with Crippen LogP contribution in [0.15, 0.2) is 58.3 Å². The number of nitrogens with one attached hydrogen (secondary N) is 1. The van der Waals surface area contributed by atoms with Gasteiger partial charge in [-0.05, 0) is 30.2 Å². The lowest BCUT2D eigenvalue weighted by molar-refractivity contribution is -0.387. The number of ether oxygens (including phenoxy) is 1. The highest BCUT2D eigenvalue weighted by molar-refractivity contribution is 7.89. The van der Waals surface area contributed by atoms with Crippen molar-refractivity contribution in [3.63, 3.8) is 0 Å². The van der Waals surface area contributed by atoms with Gasteiger partial charge in [0.2, 0.25) is 10.0 Å².